The van der Waals surface area contributed by atoms with Gasteiger partial charge in [0.1, 0.15) is 4.88 Å². The van der Waals surface area contributed by atoms with Gasteiger partial charge in [-0.1, -0.05) is 18.6 Å². The lowest BCUT2D eigenvalue weighted by molar-refractivity contribution is 0.0594. The van der Waals surface area contributed by atoms with Gasteiger partial charge in [-0.25, -0.2) is 0 Å². The van der Waals surface area contributed by atoms with E-state index in [9.17, 15) is 4.79 Å². The molecule has 1 aromatic heterocycles. The van der Waals surface area contributed by atoms with Gasteiger partial charge in [-0.05, 0) is 44.7 Å². The van der Waals surface area contributed by atoms with Gasteiger partial charge in [-0.15, -0.1) is 11.3 Å². The van der Waals surface area contributed by atoms with Crippen LogP contribution in [0.5, 0.6) is 0 Å². The molecule has 21 heavy (non-hydrogen) atoms. The Balaban J connectivity index is 1.96. The average Bonchev–Trinajstić information content (AvgIpc) is 2.75. The van der Waals surface area contributed by atoms with Crippen LogP contribution in [0, 0.1) is 12.8 Å². The molecule has 2 aromatic rings. The third-order valence-corrected chi connectivity index (χ3v) is 5.65. The SMILES string of the molecule is Cc1ccc2sc(C(=O)N3CCC(C)CC3C)c(N)c2c1. The van der Waals surface area contributed by atoms with E-state index in [1.807, 2.05) is 11.8 Å². The first kappa shape index (κ1) is 14.4. The number of carbonyl (C=O) groups excluding carboxylic acids is 1. The Morgan fingerprint density at radius 1 is 1.38 bits per heavy atom. The molecule has 4 heteroatoms. The van der Waals surface area contributed by atoms with Gasteiger partial charge in [0, 0.05) is 22.7 Å². The van der Waals surface area contributed by atoms with E-state index in [2.05, 4.69) is 32.0 Å². The first-order valence-corrected chi connectivity index (χ1v) is 8.38. The smallest absolute Gasteiger partial charge is 0.266 e. The Morgan fingerprint density at radius 3 is 2.86 bits per heavy atom. The lowest BCUT2D eigenvalue weighted by atomic mass is 9.93. The van der Waals surface area contributed by atoms with Crippen molar-refractivity contribution in [2.24, 2.45) is 5.92 Å². The van der Waals surface area contributed by atoms with Gasteiger partial charge in [0.2, 0.25) is 0 Å². The molecule has 1 aliphatic heterocycles. The van der Waals surface area contributed by atoms with Crippen LogP contribution in [0.15, 0.2) is 18.2 Å². The summed E-state index contributed by atoms with van der Waals surface area (Å²) in [6.07, 6.45) is 2.16. The van der Waals surface area contributed by atoms with Gasteiger partial charge in [0.15, 0.2) is 0 Å². The summed E-state index contributed by atoms with van der Waals surface area (Å²) in [4.78, 5) is 15.5. The van der Waals surface area contributed by atoms with E-state index in [0.29, 0.717) is 22.5 Å². The number of benzene rings is 1. The third-order valence-electron chi connectivity index (χ3n) is 4.48. The molecule has 2 heterocycles. The van der Waals surface area contributed by atoms with E-state index in [4.69, 9.17) is 5.73 Å². The van der Waals surface area contributed by atoms with Gasteiger partial charge in [-0.2, -0.15) is 0 Å². The largest absolute Gasteiger partial charge is 0.397 e. The second-order valence-electron chi connectivity index (χ2n) is 6.32. The summed E-state index contributed by atoms with van der Waals surface area (Å²) in [5.41, 5.74) is 8.07. The summed E-state index contributed by atoms with van der Waals surface area (Å²) >= 11 is 1.52. The maximum atomic E-state index is 12.8. The molecule has 0 aliphatic carbocycles. The number of amides is 1. The van der Waals surface area contributed by atoms with Crippen LogP contribution in [0.4, 0.5) is 5.69 Å². The van der Waals surface area contributed by atoms with Crippen LogP contribution < -0.4 is 5.73 Å². The number of fused-ring (bicyclic) bond motifs is 1. The molecule has 2 unspecified atom stereocenters. The van der Waals surface area contributed by atoms with Gasteiger partial charge in [0.05, 0.1) is 5.69 Å². The van der Waals surface area contributed by atoms with Crippen LogP contribution in [0.3, 0.4) is 0 Å². The van der Waals surface area contributed by atoms with Crippen LogP contribution in [-0.2, 0) is 0 Å². The Bertz CT molecular complexity index is 691. The highest BCUT2D eigenvalue weighted by molar-refractivity contribution is 7.21. The molecule has 1 fully saturated rings. The van der Waals surface area contributed by atoms with Crippen molar-refractivity contribution in [3.63, 3.8) is 0 Å². The van der Waals surface area contributed by atoms with Crippen molar-refractivity contribution in [2.45, 2.75) is 39.7 Å². The zero-order valence-corrected chi connectivity index (χ0v) is 13.7. The lowest BCUT2D eigenvalue weighted by Crippen LogP contribution is -2.44. The first-order chi connectivity index (χ1) is 9.97. The van der Waals surface area contributed by atoms with Crippen LogP contribution in [-0.4, -0.2) is 23.4 Å². The minimum atomic E-state index is 0.103. The number of piperidine rings is 1. The fourth-order valence-electron chi connectivity index (χ4n) is 3.23. The molecule has 2 N–H and O–H groups in total. The van der Waals surface area contributed by atoms with Crippen molar-refractivity contribution in [2.75, 3.05) is 12.3 Å². The van der Waals surface area contributed by atoms with Crippen molar-refractivity contribution >= 4 is 33.0 Å². The molecule has 3 rings (SSSR count). The van der Waals surface area contributed by atoms with E-state index in [-0.39, 0.29) is 5.91 Å². The fourth-order valence-corrected chi connectivity index (χ4v) is 4.29. The van der Waals surface area contributed by atoms with Gasteiger partial charge < -0.3 is 10.6 Å². The molecule has 0 radical (unpaired) electrons. The molecule has 1 aliphatic rings. The molecule has 1 saturated heterocycles. The number of aryl methyl sites for hydroxylation is 1. The number of likely N-dealkylation sites (tertiary alicyclic amines) is 1. The third kappa shape index (κ3) is 2.53. The summed E-state index contributed by atoms with van der Waals surface area (Å²) in [6, 6.07) is 6.49. The monoisotopic (exact) mass is 302 g/mol. The summed E-state index contributed by atoms with van der Waals surface area (Å²) in [5, 5.41) is 1.02. The van der Waals surface area contributed by atoms with Crippen molar-refractivity contribution in [1.82, 2.24) is 4.90 Å². The van der Waals surface area contributed by atoms with Gasteiger partial charge in [-0.3, -0.25) is 4.79 Å². The van der Waals surface area contributed by atoms with E-state index >= 15 is 0 Å². The summed E-state index contributed by atoms with van der Waals surface area (Å²) in [6.45, 7) is 7.29. The standard InChI is InChI=1S/C17H22N2OS/c1-10-4-5-14-13(9-10)15(18)16(21-14)17(20)19-7-6-11(2)8-12(19)3/h4-5,9,11-12H,6-8,18H2,1-3H3. The second kappa shape index (κ2) is 5.34. The number of nitrogens with two attached hydrogens (primary N) is 1. The maximum Gasteiger partial charge on any atom is 0.266 e. The van der Waals surface area contributed by atoms with Gasteiger partial charge >= 0.3 is 0 Å². The summed E-state index contributed by atoms with van der Waals surface area (Å²) < 4.78 is 1.10. The van der Waals surface area contributed by atoms with Crippen LogP contribution in [0.1, 0.15) is 41.9 Å². The van der Waals surface area contributed by atoms with E-state index in [1.165, 1.54) is 16.9 Å². The van der Waals surface area contributed by atoms with E-state index in [0.717, 1.165) is 29.5 Å². The Kier molecular flexibility index (Phi) is 3.66. The van der Waals surface area contributed by atoms with Crippen molar-refractivity contribution in [3.05, 3.63) is 28.6 Å². The first-order valence-electron chi connectivity index (χ1n) is 7.57. The second-order valence-corrected chi connectivity index (χ2v) is 7.37. The summed E-state index contributed by atoms with van der Waals surface area (Å²) in [5.74, 6) is 0.803. The molecule has 0 saturated carbocycles. The predicted octanol–water partition coefficient (Wildman–Crippen LogP) is 4.05. The lowest BCUT2D eigenvalue weighted by Gasteiger charge is -2.36. The Hall–Kier alpha value is -1.55. The molecule has 1 amide bonds. The highest BCUT2D eigenvalue weighted by atomic mass is 32.1. The van der Waals surface area contributed by atoms with E-state index in [1.54, 1.807) is 0 Å². The molecule has 3 nitrogen and oxygen atoms in total. The number of rotatable bonds is 1. The molecule has 1 aromatic carbocycles. The Morgan fingerprint density at radius 2 is 2.14 bits per heavy atom. The topological polar surface area (TPSA) is 46.3 Å². The summed E-state index contributed by atoms with van der Waals surface area (Å²) in [7, 11) is 0. The minimum Gasteiger partial charge on any atom is -0.397 e. The van der Waals surface area contributed by atoms with Crippen LogP contribution in [0.2, 0.25) is 0 Å². The average molecular weight is 302 g/mol. The van der Waals surface area contributed by atoms with Crippen molar-refractivity contribution in [3.8, 4) is 0 Å². The quantitative estimate of drug-likeness (QED) is 0.863. The number of carbonyl (C=O) groups is 1. The van der Waals surface area contributed by atoms with Crippen LogP contribution in [0.25, 0.3) is 10.1 Å². The molecule has 0 bridgehead atoms. The minimum absolute atomic E-state index is 0.103. The maximum absolute atomic E-state index is 12.8. The molecule has 2 atom stereocenters. The number of nitrogens with zero attached hydrogens (tertiary/aromatic N) is 1. The predicted molar refractivity (Wildman–Crippen MR) is 89.9 cm³/mol. The number of hydrogen-bond donors (Lipinski definition) is 1. The highest BCUT2D eigenvalue weighted by Crippen LogP contribution is 2.36. The van der Waals surface area contributed by atoms with E-state index < -0.39 is 0 Å². The number of hydrogen-bond acceptors (Lipinski definition) is 3. The van der Waals surface area contributed by atoms with Crippen LogP contribution >= 0.6 is 11.3 Å². The number of anilines is 1. The zero-order valence-electron chi connectivity index (χ0n) is 12.8. The molecular formula is C17H22N2OS. The Labute approximate surface area is 129 Å². The number of nitrogen functional groups attached to an aromatic ring is 1. The van der Waals surface area contributed by atoms with Crippen molar-refractivity contribution < 1.29 is 4.79 Å². The fraction of sp³-hybridized carbons (Fsp3) is 0.471. The zero-order chi connectivity index (χ0) is 15.1. The normalized spacial score (nSPS) is 22.7. The molecular weight excluding hydrogens is 280 g/mol. The highest BCUT2D eigenvalue weighted by Gasteiger charge is 2.29. The molecule has 112 valence electrons. The van der Waals surface area contributed by atoms with Gasteiger partial charge in [0.25, 0.3) is 5.91 Å². The number of thiophene rings is 1. The van der Waals surface area contributed by atoms with Crippen molar-refractivity contribution in [1.29, 1.82) is 0 Å². The molecule has 0 spiro atoms.